The molecule has 0 aliphatic rings. The first-order valence-corrected chi connectivity index (χ1v) is 6.87. The highest BCUT2D eigenvalue weighted by molar-refractivity contribution is 6.30. The van der Waals surface area contributed by atoms with Crippen molar-refractivity contribution in [1.29, 1.82) is 0 Å². The monoisotopic (exact) mass is 333 g/mol. The van der Waals surface area contributed by atoms with Crippen molar-refractivity contribution in [3.8, 4) is 5.75 Å². The molecule has 0 heterocycles. The molecule has 7 nitrogen and oxygen atoms in total. The third-order valence-corrected chi connectivity index (χ3v) is 3.13. The molecule has 0 bridgehead atoms. The standard InChI is InChI=1S/C15H12ClN3O4/c16-12-3-6-14(20)11(8-12)9-17-18-15(21)7-10-1-4-13(5-2-10)19(22)23/h1-6,8-9,20H,7H2,(H,18,21)/b17-9-. The minimum atomic E-state index is -0.508. The first-order valence-electron chi connectivity index (χ1n) is 6.49. The van der Waals surface area contributed by atoms with Crippen molar-refractivity contribution in [2.45, 2.75) is 6.42 Å². The SMILES string of the molecule is O=C(Cc1ccc([N+](=O)[O-])cc1)N/N=C\c1cc(Cl)ccc1O. The normalized spacial score (nSPS) is 10.7. The summed E-state index contributed by atoms with van der Waals surface area (Å²) in [5.41, 5.74) is 3.26. The topological polar surface area (TPSA) is 105 Å². The molecular weight excluding hydrogens is 322 g/mol. The van der Waals surface area contributed by atoms with Crippen LogP contribution in [0.2, 0.25) is 5.02 Å². The van der Waals surface area contributed by atoms with Gasteiger partial charge in [0.05, 0.1) is 17.6 Å². The number of amides is 1. The third kappa shape index (κ3) is 4.79. The summed E-state index contributed by atoms with van der Waals surface area (Å²) in [6.07, 6.45) is 1.30. The average molecular weight is 334 g/mol. The summed E-state index contributed by atoms with van der Waals surface area (Å²) >= 11 is 5.79. The number of nitrogens with one attached hydrogen (secondary N) is 1. The Morgan fingerprint density at radius 3 is 2.65 bits per heavy atom. The Kier molecular flexibility index (Phi) is 5.27. The first kappa shape index (κ1) is 16.4. The van der Waals surface area contributed by atoms with Gasteiger partial charge < -0.3 is 5.11 Å². The van der Waals surface area contributed by atoms with Crippen molar-refractivity contribution < 1.29 is 14.8 Å². The average Bonchev–Trinajstić information content (AvgIpc) is 2.51. The molecule has 23 heavy (non-hydrogen) atoms. The molecule has 0 atom stereocenters. The quantitative estimate of drug-likeness (QED) is 0.498. The number of carbonyl (C=O) groups is 1. The molecule has 8 heteroatoms. The van der Waals surface area contributed by atoms with E-state index in [2.05, 4.69) is 10.5 Å². The number of nitrogens with zero attached hydrogens (tertiary/aromatic N) is 2. The summed E-state index contributed by atoms with van der Waals surface area (Å²) in [4.78, 5) is 21.8. The second kappa shape index (κ2) is 7.37. The van der Waals surface area contributed by atoms with Crippen molar-refractivity contribution in [1.82, 2.24) is 5.43 Å². The number of carbonyl (C=O) groups excluding carboxylic acids is 1. The molecule has 0 aliphatic heterocycles. The highest BCUT2D eigenvalue weighted by Crippen LogP contribution is 2.19. The molecule has 0 saturated heterocycles. The maximum Gasteiger partial charge on any atom is 0.269 e. The van der Waals surface area contributed by atoms with Gasteiger partial charge >= 0.3 is 0 Å². The van der Waals surface area contributed by atoms with E-state index in [1.807, 2.05) is 0 Å². The van der Waals surface area contributed by atoms with Crippen LogP contribution in [0.3, 0.4) is 0 Å². The molecule has 0 fully saturated rings. The zero-order valence-corrected chi connectivity index (χ0v) is 12.5. The lowest BCUT2D eigenvalue weighted by molar-refractivity contribution is -0.384. The summed E-state index contributed by atoms with van der Waals surface area (Å²) in [5, 5.41) is 24.3. The predicted octanol–water partition coefficient (Wildman–Crippen LogP) is 2.65. The molecule has 0 radical (unpaired) electrons. The molecule has 0 aliphatic carbocycles. The molecule has 2 aromatic carbocycles. The molecule has 0 saturated carbocycles. The van der Waals surface area contributed by atoms with Gasteiger partial charge in [0, 0.05) is 22.7 Å². The van der Waals surface area contributed by atoms with Gasteiger partial charge in [-0.1, -0.05) is 23.7 Å². The largest absolute Gasteiger partial charge is 0.507 e. The van der Waals surface area contributed by atoms with Crippen LogP contribution in [0.4, 0.5) is 5.69 Å². The van der Waals surface area contributed by atoms with E-state index in [0.29, 0.717) is 16.1 Å². The molecule has 2 rings (SSSR count). The van der Waals surface area contributed by atoms with Crippen molar-refractivity contribution in [3.63, 3.8) is 0 Å². The van der Waals surface area contributed by atoms with Crippen molar-refractivity contribution >= 4 is 29.4 Å². The van der Waals surface area contributed by atoms with Crippen LogP contribution in [-0.2, 0) is 11.2 Å². The minimum absolute atomic E-state index is 0.0113. The van der Waals surface area contributed by atoms with Crippen LogP contribution in [0.1, 0.15) is 11.1 Å². The van der Waals surface area contributed by atoms with Gasteiger partial charge in [0.1, 0.15) is 5.75 Å². The van der Waals surface area contributed by atoms with Gasteiger partial charge in [0.15, 0.2) is 0 Å². The molecular formula is C15H12ClN3O4. The van der Waals surface area contributed by atoms with E-state index >= 15 is 0 Å². The zero-order chi connectivity index (χ0) is 16.8. The van der Waals surface area contributed by atoms with Crippen molar-refractivity contribution in [2.24, 2.45) is 5.10 Å². The lowest BCUT2D eigenvalue weighted by Gasteiger charge is -2.01. The smallest absolute Gasteiger partial charge is 0.269 e. The Balaban J connectivity index is 1.93. The number of halogens is 1. The van der Waals surface area contributed by atoms with Crippen molar-refractivity contribution in [3.05, 3.63) is 68.7 Å². The fourth-order valence-corrected chi connectivity index (χ4v) is 1.94. The molecule has 0 spiro atoms. The van der Waals surface area contributed by atoms with Crippen LogP contribution in [-0.4, -0.2) is 22.2 Å². The number of rotatable bonds is 5. The van der Waals surface area contributed by atoms with Gasteiger partial charge in [-0.2, -0.15) is 5.10 Å². The van der Waals surface area contributed by atoms with Gasteiger partial charge in [0.2, 0.25) is 5.91 Å². The fourth-order valence-electron chi connectivity index (χ4n) is 1.76. The Morgan fingerprint density at radius 1 is 1.30 bits per heavy atom. The molecule has 1 amide bonds. The Morgan fingerprint density at radius 2 is 2.00 bits per heavy atom. The van der Waals surface area contributed by atoms with Gasteiger partial charge in [-0.15, -0.1) is 0 Å². The molecule has 118 valence electrons. The number of benzene rings is 2. The molecule has 0 unspecified atom stereocenters. The lowest BCUT2D eigenvalue weighted by atomic mass is 10.1. The lowest BCUT2D eigenvalue weighted by Crippen LogP contribution is -2.19. The van der Waals surface area contributed by atoms with E-state index in [4.69, 9.17) is 11.6 Å². The van der Waals surface area contributed by atoms with Crippen LogP contribution < -0.4 is 5.43 Å². The summed E-state index contributed by atoms with van der Waals surface area (Å²) in [6.45, 7) is 0. The highest BCUT2D eigenvalue weighted by atomic mass is 35.5. The van der Waals surface area contributed by atoms with Crippen LogP contribution in [0, 0.1) is 10.1 Å². The zero-order valence-electron chi connectivity index (χ0n) is 11.8. The van der Waals surface area contributed by atoms with Crippen molar-refractivity contribution in [2.75, 3.05) is 0 Å². The molecule has 0 aromatic heterocycles. The number of aromatic hydroxyl groups is 1. The van der Waals surface area contributed by atoms with E-state index in [1.54, 1.807) is 0 Å². The van der Waals surface area contributed by atoms with Gasteiger partial charge in [0.25, 0.3) is 5.69 Å². The van der Waals surface area contributed by atoms with Crippen LogP contribution >= 0.6 is 11.6 Å². The highest BCUT2D eigenvalue weighted by Gasteiger charge is 2.07. The molecule has 2 N–H and O–H groups in total. The van der Waals surface area contributed by atoms with E-state index in [-0.39, 0.29) is 17.9 Å². The Bertz CT molecular complexity index is 760. The number of hydrogen-bond acceptors (Lipinski definition) is 5. The predicted molar refractivity (Wildman–Crippen MR) is 85.7 cm³/mol. The fraction of sp³-hybridized carbons (Fsp3) is 0.0667. The maximum absolute atomic E-state index is 11.7. The summed E-state index contributed by atoms with van der Waals surface area (Å²) in [6, 6.07) is 10.1. The minimum Gasteiger partial charge on any atom is -0.507 e. The van der Waals surface area contributed by atoms with Crippen LogP contribution in [0.25, 0.3) is 0 Å². The summed E-state index contributed by atoms with van der Waals surface area (Å²) in [7, 11) is 0. The van der Waals surface area contributed by atoms with Crippen LogP contribution in [0.15, 0.2) is 47.6 Å². The number of nitro benzene ring substituents is 1. The maximum atomic E-state index is 11.7. The second-order valence-corrected chi connectivity index (χ2v) is 5.03. The number of hydrazone groups is 1. The third-order valence-electron chi connectivity index (χ3n) is 2.89. The number of phenols is 1. The summed E-state index contributed by atoms with van der Waals surface area (Å²) < 4.78 is 0. The second-order valence-electron chi connectivity index (χ2n) is 4.60. The Labute approximate surface area is 136 Å². The van der Waals surface area contributed by atoms with Gasteiger partial charge in [-0.05, 0) is 23.8 Å². The summed E-state index contributed by atoms with van der Waals surface area (Å²) in [5.74, 6) is -0.403. The first-order chi connectivity index (χ1) is 11.0. The van der Waals surface area contributed by atoms with Crippen LogP contribution in [0.5, 0.6) is 5.75 Å². The van der Waals surface area contributed by atoms with E-state index in [0.717, 1.165) is 0 Å². The van der Waals surface area contributed by atoms with E-state index < -0.39 is 10.8 Å². The van der Waals surface area contributed by atoms with Gasteiger partial charge in [-0.3, -0.25) is 14.9 Å². The van der Waals surface area contributed by atoms with E-state index in [9.17, 15) is 20.0 Å². The van der Waals surface area contributed by atoms with E-state index in [1.165, 1.54) is 48.7 Å². The Hall–Kier alpha value is -2.93. The number of nitro groups is 1. The number of non-ortho nitro benzene ring substituents is 1. The van der Waals surface area contributed by atoms with Gasteiger partial charge in [-0.25, -0.2) is 5.43 Å². The number of phenolic OH excluding ortho intramolecular Hbond substituents is 1. The molecule has 2 aromatic rings. The number of hydrogen-bond donors (Lipinski definition) is 2.